The van der Waals surface area contributed by atoms with Crippen LogP contribution in [0.1, 0.15) is 11.5 Å². The van der Waals surface area contributed by atoms with Crippen molar-refractivity contribution >= 4 is 33.2 Å². The first-order valence-corrected chi connectivity index (χ1v) is 9.67. The van der Waals surface area contributed by atoms with Crippen LogP contribution >= 0.6 is 11.6 Å². The number of nitrogens with two attached hydrogens (primary N) is 1. The molecule has 0 atom stereocenters. The molecule has 0 bridgehead atoms. The maximum Gasteiger partial charge on any atom is 0.249 e. The molecule has 0 spiro atoms. The van der Waals surface area contributed by atoms with Crippen LogP contribution in [-0.2, 0) is 21.2 Å². The first-order valence-electron chi connectivity index (χ1n) is 7.74. The van der Waals surface area contributed by atoms with Crippen molar-refractivity contribution in [1.82, 2.24) is 10.2 Å². The molecule has 0 unspecified atom stereocenters. The van der Waals surface area contributed by atoms with Crippen LogP contribution in [0, 0.1) is 6.92 Å². The number of anilines is 1. The largest absolute Gasteiger partial charge is 0.421 e. The average Bonchev–Trinajstić information content (AvgIpc) is 3.02. The molecule has 8 nitrogen and oxygen atoms in total. The minimum Gasteiger partial charge on any atom is -0.421 e. The Bertz CT molecular complexity index is 1110. The Labute approximate surface area is 160 Å². The molecule has 3 rings (SSSR count). The van der Waals surface area contributed by atoms with Gasteiger partial charge in [0.2, 0.25) is 27.7 Å². The van der Waals surface area contributed by atoms with Gasteiger partial charge >= 0.3 is 0 Å². The number of nitrogens with one attached hydrogen (secondary N) is 1. The summed E-state index contributed by atoms with van der Waals surface area (Å²) in [5.41, 5.74) is 1.07. The van der Waals surface area contributed by atoms with Crippen LogP contribution in [0.15, 0.2) is 51.8 Å². The number of primary sulfonamides is 1. The molecule has 140 valence electrons. The Hall–Kier alpha value is -2.75. The first kappa shape index (κ1) is 19.0. The standard InChI is InChI=1S/C17H15ClN4O4S/c1-10-21-22-17(26-10)13-7-6-12(9-15(13)27(19,24)25)20-16(23)8-11-4-2-3-5-14(11)18/h2-7,9H,8H2,1H3,(H,20,23)(H2,19,24,25). The molecule has 0 saturated carbocycles. The Kier molecular flexibility index (Phi) is 5.26. The predicted molar refractivity (Wildman–Crippen MR) is 99.6 cm³/mol. The van der Waals surface area contributed by atoms with Crippen LogP contribution in [0.4, 0.5) is 5.69 Å². The fourth-order valence-corrected chi connectivity index (χ4v) is 3.39. The highest BCUT2D eigenvalue weighted by atomic mass is 35.5. The summed E-state index contributed by atoms with van der Waals surface area (Å²) in [5.74, 6) is -0.0576. The van der Waals surface area contributed by atoms with Gasteiger partial charge in [0.05, 0.1) is 16.9 Å². The van der Waals surface area contributed by atoms with Crippen LogP contribution < -0.4 is 10.5 Å². The Morgan fingerprint density at radius 2 is 1.96 bits per heavy atom. The molecule has 0 aliphatic carbocycles. The number of halogens is 1. The number of amides is 1. The molecule has 1 heterocycles. The third kappa shape index (κ3) is 4.51. The predicted octanol–water partition coefficient (Wildman–Crippen LogP) is 2.53. The van der Waals surface area contributed by atoms with E-state index in [0.717, 1.165) is 0 Å². The number of benzene rings is 2. The zero-order valence-electron chi connectivity index (χ0n) is 14.1. The number of sulfonamides is 1. The van der Waals surface area contributed by atoms with Gasteiger partial charge in [-0.05, 0) is 29.8 Å². The summed E-state index contributed by atoms with van der Waals surface area (Å²) in [4.78, 5) is 12.0. The summed E-state index contributed by atoms with van der Waals surface area (Å²) < 4.78 is 29.2. The van der Waals surface area contributed by atoms with Gasteiger partial charge < -0.3 is 9.73 Å². The lowest BCUT2D eigenvalue weighted by Gasteiger charge is -2.10. The maximum absolute atomic E-state index is 12.3. The van der Waals surface area contributed by atoms with Gasteiger partial charge in [0, 0.05) is 17.6 Å². The van der Waals surface area contributed by atoms with E-state index in [0.29, 0.717) is 10.6 Å². The van der Waals surface area contributed by atoms with Crippen molar-refractivity contribution in [1.29, 1.82) is 0 Å². The highest BCUT2D eigenvalue weighted by Crippen LogP contribution is 2.28. The van der Waals surface area contributed by atoms with Crippen molar-refractivity contribution in [3.63, 3.8) is 0 Å². The first-order chi connectivity index (χ1) is 12.7. The van der Waals surface area contributed by atoms with E-state index in [1.807, 2.05) is 0 Å². The molecule has 0 saturated heterocycles. The Morgan fingerprint density at radius 1 is 1.22 bits per heavy atom. The monoisotopic (exact) mass is 406 g/mol. The van der Waals surface area contributed by atoms with Gasteiger partial charge in [-0.3, -0.25) is 4.79 Å². The molecule has 3 N–H and O–H groups in total. The maximum atomic E-state index is 12.3. The Morgan fingerprint density at radius 3 is 2.59 bits per heavy atom. The Balaban J connectivity index is 1.89. The number of hydrogen-bond donors (Lipinski definition) is 2. The van der Waals surface area contributed by atoms with E-state index in [4.69, 9.17) is 21.2 Å². The molecular weight excluding hydrogens is 392 g/mol. The van der Waals surface area contributed by atoms with Gasteiger partial charge in [-0.2, -0.15) is 0 Å². The number of carbonyl (C=O) groups is 1. The fraction of sp³-hybridized carbons (Fsp3) is 0.118. The molecule has 0 fully saturated rings. The lowest BCUT2D eigenvalue weighted by atomic mass is 10.1. The van der Waals surface area contributed by atoms with Crippen LogP contribution in [0.5, 0.6) is 0 Å². The molecule has 2 aromatic carbocycles. The molecule has 1 amide bonds. The normalized spacial score (nSPS) is 11.4. The molecular formula is C17H15ClN4O4S. The summed E-state index contributed by atoms with van der Waals surface area (Å²) in [5, 5.41) is 15.9. The molecule has 27 heavy (non-hydrogen) atoms. The van der Waals surface area contributed by atoms with E-state index in [9.17, 15) is 13.2 Å². The fourth-order valence-electron chi connectivity index (χ4n) is 2.44. The van der Waals surface area contributed by atoms with E-state index >= 15 is 0 Å². The van der Waals surface area contributed by atoms with Gasteiger partial charge in [-0.1, -0.05) is 29.8 Å². The zero-order chi connectivity index (χ0) is 19.6. The number of rotatable bonds is 5. The van der Waals surface area contributed by atoms with E-state index in [1.165, 1.54) is 18.2 Å². The van der Waals surface area contributed by atoms with Gasteiger partial charge in [-0.25, -0.2) is 13.6 Å². The van der Waals surface area contributed by atoms with Crippen LogP contribution in [0.25, 0.3) is 11.5 Å². The smallest absolute Gasteiger partial charge is 0.249 e. The quantitative estimate of drug-likeness (QED) is 0.669. The van der Waals surface area contributed by atoms with Gasteiger partial charge in [-0.15, -0.1) is 10.2 Å². The van der Waals surface area contributed by atoms with Crippen molar-refractivity contribution in [3.05, 3.63) is 58.9 Å². The number of carbonyl (C=O) groups excluding carboxylic acids is 1. The SMILES string of the molecule is Cc1nnc(-c2ccc(NC(=O)Cc3ccccc3Cl)cc2S(N)(=O)=O)o1. The summed E-state index contributed by atoms with van der Waals surface area (Å²) in [6.45, 7) is 1.58. The third-order valence-electron chi connectivity index (χ3n) is 3.64. The van der Waals surface area contributed by atoms with Gasteiger partial charge in [0.1, 0.15) is 0 Å². The number of aromatic nitrogens is 2. The van der Waals surface area contributed by atoms with Gasteiger partial charge in [0.25, 0.3) is 0 Å². The van der Waals surface area contributed by atoms with Crippen molar-refractivity contribution in [2.45, 2.75) is 18.2 Å². The van der Waals surface area contributed by atoms with Crippen LogP contribution in [-0.4, -0.2) is 24.5 Å². The highest BCUT2D eigenvalue weighted by Gasteiger charge is 2.20. The summed E-state index contributed by atoms with van der Waals surface area (Å²) >= 11 is 6.05. The number of nitrogens with zero attached hydrogens (tertiary/aromatic N) is 2. The second-order valence-electron chi connectivity index (χ2n) is 5.70. The summed E-state index contributed by atoms with van der Waals surface area (Å²) in [6, 6.07) is 11.2. The minimum atomic E-state index is -4.10. The van der Waals surface area contributed by atoms with E-state index in [1.54, 1.807) is 31.2 Å². The zero-order valence-corrected chi connectivity index (χ0v) is 15.7. The van der Waals surface area contributed by atoms with Crippen molar-refractivity contribution in [3.8, 4) is 11.5 Å². The molecule has 10 heteroatoms. The van der Waals surface area contributed by atoms with Crippen molar-refractivity contribution < 1.29 is 17.6 Å². The molecule has 0 aliphatic heterocycles. The highest BCUT2D eigenvalue weighted by molar-refractivity contribution is 7.89. The lowest BCUT2D eigenvalue weighted by molar-refractivity contribution is -0.115. The summed E-state index contributed by atoms with van der Waals surface area (Å²) in [6.07, 6.45) is 0.0367. The van der Waals surface area contributed by atoms with Crippen molar-refractivity contribution in [2.24, 2.45) is 5.14 Å². The number of aryl methyl sites for hydroxylation is 1. The molecule has 3 aromatic rings. The second-order valence-corrected chi connectivity index (χ2v) is 7.64. The second kappa shape index (κ2) is 7.47. The summed E-state index contributed by atoms with van der Waals surface area (Å²) in [7, 11) is -4.10. The number of hydrogen-bond acceptors (Lipinski definition) is 6. The minimum absolute atomic E-state index is 0.0190. The van der Waals surface area contributed by atoms with E-state index < -0.39 is 10.0 Å². The topological polar surface area (TPSA) is 128 Å². The van der Waals surface area contributed by atoms with E-state index in [-0.39, 0.29) is 40.3 Å². The van der Waals surface area contributed by atoms with Crippen LogP contribution in [0.2, 0.25) is 5.02 Å². The lowest BCUT2D eigenvalue weighted by Crippen LogP contribution is -2.17. The molecule has 1 aromatic heterocycles. The molecule has 0 aliphatic rings. The molecule has 0 radical (unpaired) electrons. The third-order valence-corrected chi connectivity index (χ3v) is 4.96. The van der Waals surface area contributed by atoms with Gasteiger partial charge in [0.15, 0.2) is 0 Å². The van der Waals surface area contributed by atoms with Crippen molar-refractivity contribution in [2.75, 3.05) is 5.32 Å². The van der Waals surface area contributed by atoms with Crippen LogP contribution in [0.3, 0.4) is 0 Å². The van der Waals surface area contributed by atoms with E-state index in [2.05, 4.69) is 15.5 Å². The average molecular weight is 407 g/mol.